The molecule has 0 N–H and O–H groups in total. The smallest absolute Gasteiger partial charge is 0.236 e. The second-order valence-electron chi connectivity index (χ2n) is 7.54. The number of amides is 1. The number of likely N-dealkylation sites (tertiary alicyclic amines) is 1. The van der Waals surface area contributed by atoms with Crippen molar-refractivity contribution in [2.45, 2.75) is 32.2 Å². The minimum Gasteiger partial charge on any atom is -0.342 e. The Kier molecular flexibility index (Phi) is 5.85. The second kappa shape index (κ2) is 8.68. The number of aromatic nitrogens is 4. The first-order chi connectivity index (χ1) is 13.7. The minimum absolute atomic E-state index is 0.252. The van der Waals surface area contributed by atoms with Crippen LogP contribution in [0.2, 0.25) is 0 Å². The molecule has 8 nitrogen and oxygen atoms in total. The van der Waals surface area contributed by atoms with Crippen molar-refractivity contribution in [3.8, 4) is 0 Å². The summed E-state index contributed by atoms with van der Waals surface area (Å²) in [4.78, 5) is 32.4. The summed E-state index contributed by atoms with van der Waals surface area (Å²) >= 11 is 0. The van der Waals surface area contributed by atoms with Gasteiger partial charge in [-0.1, -0.05) is 0 Å². The van der Waals surface area contributed by atoms with Gasteiger partial charge >= 0.3 is 0 Å². The van der Waals surface area contributed by atoms with Gasteiger partial charge in [-0.05, 0) is 25.8 Å². The van der Waals surface area contributed by atoms with Crippen molar-refractivity contribution in [3.63, 3.8) is 0 Å². The molecule has 0 unspecified atom stereocenters. The number of aryl methyl sites for hydroxylation is 1. The first-order valence-electron chi connectivity index (χ1n) is 10.3. The van der Waals surface area contributed by atoms with E-state index in [9.17, 15) is 4.79 Å². The lowest BCUT2D eigenvalue weighted by atomic mass is 9.95. The molecular formula is C20H29N7O. The highest BCUT2D eigenvalue weighted by Gasteiger charge is 2.28. The van der Waals surface area contributed by atoms with Crippen molar-refractivity contribution in [1.29, 1.82) is 0 Å². The lowest BCUT2D eigenvalue weighted by molar-refractivity contribution is -0.133. The van der Waals surface area contributed by atoms with Crippen LogP contribution < -0.4 is 4.90 Å². The fraction of sp³-hybridized carbons (Fsp3) is 0.600. The van der Waals surface area contributed by atoms with Crippen molar-refractivity contribution in [1.82, 2.24) is 29.3 Å². The Morgan fingerprint density at radius 3 is 2.39 bits per heavy atom. The maximum atomic E-state index is 12.8. The quantitative estimate of drug-likeness (QED) is 0.773. The number of carbonyl (C=O) groups is 1. The summed E-state index contributed by atoms with van der Waals surface area (Å²) in [6.07, 6.45) is 9.48. The van der Waals surface area contributed by atoms with Crippen molar-refractivity contribution in [3.05, 3.63) is 36.7 Å². The van der Waals surface area contributed by atoms with E-state index in [0.717, 1.165) is 64.6 Å². The molecule has 0 saturated carbocycles. The number of carbonyl (C=O) groups excluding carboxylic acids is 1. The average molecular weight is 384 g/mol. The molecular weight excluding hydrogens is 354 g/mol. The summed E-state index contributed by atoms with van der Waals surface area (Å²) in [7, 11) is 0. The highest BCUT2D eigenvalue weighted by Crippen LogP contribution is 2.27. The first-order valence-corrected chi connectivity index (χ1v) is 10.3. The molecule has 2 fully saturated rings. The summed E-state index contributed by atoms with van der Waals surface area (Å²) in [6.45, 7) is 8.73. The lowest BCUT2D eigenvalue weighted by Crippen LogP contribution is -2.51. The molecule has 1 amide bonds. The van der Waals surface area contributed by atoms with Crippen molar-refractivity contribution in [2.75, 3.05) is 50.7 Å². The van der Waals surface area contributed by atoms with Gasteiger partial charge in [-0.15, -0.1) is 0 Å². The highest BCUT2D eigenvalue weighted by atomic mass is 16.2. The fourth-order valence-electron chi connectivity index (χ4n) is 4.19. The monoisotopic (exact) mass is 383 g/mol. The molecule has 0 spiro atoms. The number of piperazine rings is 1. The topological polar surface area (TPSA) is 70.4 Å². The Hall–Kier alpha value is -2.48. The number of rotatable bonds is 5. The standard InChI is InChI=1S/C20H29N7O/c1-2-25-11-8-21-19(25)17-4-9-26(10-5-17)18(28)16-24-12-14-27(15-13-24)20-22-6-3-7-23-20/h3,6-8,11,17H,2,4-5,9-10,12-16H2,1H3. The Labute approximate surface area is 166 Å². The van der Waals surface area contributed by atoms with Gasteiger partial charge in [-0.25, -0.2) is 15.0 Å². The largest absolute Gasteiger partial charge is 0.342 e. The van der Waals surface area contributed by atoms with E-state index in [4.69, 9.17) is 0 Å². The Morgan fingerprint density at radius 1 is 1.00 bits per heavy atom. The van der Waals surface area contributed by atoms with Gasteiger partial charge in [-0.3, -0.25) is 9.69 Å². The summed E-state index contributed by atoms with van der Waals surface area (Å²) in [6, 6.07) is 1.83. The Balaban J connectivity index is 1.23. The molecule has 150 valence electrons. The highest BCUT2D eigenvalue weighted by molar-refractivity contribution is 5.78. The molecule has 28 heavy (non-hydrogen) atoms. The van der Waals surface area contributed by atoms with Gasteiger partial charge in [0.15, 0.2) is 0 Å². The van der Waals surface area contributed by atoms with E-state index < -0.39 is 0 Å². The van der Waals surface area contributed by atoms with Gasteiger partial charge in [0.05, 0.1) is 6.54 Å². The number of piperidine rings is 1. The van der Waals surface area contributed by atoms with E-state index in [2.05, 4.69) is 36.2 Å². The maximum absolute atomic E-state index is 12.8. The molecule has 0 bridgehead atoms. The van der Waals surface area contributed by atoms with Crippen molar-refractivity contribution < 1.29 is 4.79 Å². The summed E-state index contributed by atoms with van der Waals surface area (Å²) in [5, 5.41) is 0. The van der Waals surface area contributed by atoms with Gasteiger partial charge in [0.2, 0.25) is 11.9 Å². The van der Waals surface area contributed by atoms with Crippen LogP contribution in [0.25, 0.3) is 0 Å². The SMILES string of the molecule is CCn1ccnc1C1CCN(C(=O)CN2CCN(c3ncccn3)CC2)CC1. The molecule has 0 aliphatic carbocycles. The van der Waals surface area contributed by atoms with Crippen LogP contribution in [-0.4, -0.2) is 81.0 Å². The van der Waals surface area contributed by atoms with E-state index in [1.165, 1.54) is 5.82 Å². The molecule has 0 radical (unpaired) electrons. The molecule has 2 aliphatic heterocycles. The van der Waals surface area contributed by atoms with Crippen LogP contribution in [0.15, 0.2) is 30.9 Å². The Morgan fingerprint density at radius 2 is 1.71 bits per heavy atom. The molecule has 2 aliphatic rings. The molecule has 2 aromatic rings. The number of anilines is 1. The average Bonchev–Trinajstić information content (AvgIpc) is 3.24. The molecule has 0 aromatic carbocycles. The third kappa shape index (κ3) is 4.16. The summed E-state index contributed by atoms with van der Waals surface area (Å²) in [5.74, 6) is 2.67. The first kappa shape index (κ1) is 18.9. The van der Waals surface area contributed by atoms with E-state index >= 15 is 0 Å². The summed E-state index contributed by atoms with van der Waals surface area (Å²) in [5.41, 5.74) is 0. The number of nitrogens with zero attached hydrogens (tertiary/aromatic N) is 7. The van der Waals surface area contributed by atoms with Gasteiger partial charge < -0.3 is 14.4 Å². The van der Waals surface area contributed by atoms with E-state index in [-0.39, 0.29) is 5.91 Å². The third-order valence-electron chi connectivity index (χ3n) is 5.87. The van der Waals surface area contributed by atoms with Crippen LogP contribution >= 0.6 is 0 Å². The molecule has 4 heterocycles. The van der Waals surface area contributed by atoms with E-state index in [0.29, 0.717) is 12.5 Å². The predicted octanol–water partition coefficient (Wildman–Crippen LogP) is 1.22. The lowest BCUT2D eigenvalue weighted by Gasteiger charge is -2.37. The van der Waals surface area contributed by atoms with E-state index in [1.54, 1.807) is 12.4 Å². The van der Waals surface area contributed by atoms with Crippen molar-refractivity contribution >= 4 is 11.9 Å². The molecule has 2 aromatic heterocycles. The van der Waals surface area contributed by atoms with Crippen LogP contribution in [0.5, 0.6) is 0 Å². The zero-order valence-corrected chi connectivity index (χ0v) is 16.6. The normalized spacial score (nSPS) is 19.2. The third-order valence-corrected chi connectivity index (χ3v) is 5.87. The number of hydrogen-bond acceptors (Lipinski definition) is 6. The van der Waals surface area contributed by atoms with Crippen LogP contribution in [-0.2, 0) is 11.3 Å². The molecule has 8 heteroatoms. The van der Waals surface area contributed by atoms with Crippen molar-refractivity contribution in [2.24, 2.45) is 0 Å². The van der Waals surface area contributed by atoms with Crippen LogP contribution in [0.4, 0.5) is 5.95 Å². The van der Waals surface area contributed by atoms with Gasteiger partial charge in [0.25, 0.3) is 0 Å². The van der Waals surface area contributed by atoms with Gasteiger partial charge in [0.1, 0.15) is 5.82 Å². The van der Waals surface area contributed by atoms with Gasteiger partial charge in [0, 0.05) is 76.5 Å². The van der Waals surface area contributed by atoms with E-state index in [1.807, 2.05) is 23.4 Å². The van der Waals surface area contributed by atoms with Crippen LogP contribution in [0.1, 0.15) is 31.5 Å². The summed E-state index contributed by atoms with van der Waals surface area (Å²) < 4.78 is 2.22. The van der Waals surface area contributed by atoms with Crippen LogP contribution in [0, 0.1) is 0 Å². The minimum atomic E-state index is 0.252. The zero-order valence-electron chi connectivity index (χ0n) is 16.6. The number of hydrogen-bond donors (Lipinski definition) is 0. The van der Waals surface area contributed by atoms with Crippen LogP contribution in [0.3, 0.4) is 0 Å². The molecule has 2 saturated heterocycles. The second-order valence-corrected chi connectivity index (χ2v) is 7.54. The maximum Gasteiger partial charge on any atom is 0.236 e. The zero-order chi connectivity index (χ0) is 19.3. The Bertz CT molecular complexity index is 762. The van der Waals surface area contributed by atoms with Gasteiger partial charge in [-0.2, -0.15) is 0 Å². The molecule has 4 rings (SSSR count). The number of imidazole rings is 1. The predicted molar refractivity (Wildman–Crippen MR) is 107 cm³/mol. The fourth-order valence-corrected chi connectivity index (χ4v) is 4.19. The molecule has 0 atom stereocenters.